The average molecular weight is 911 g/mol. The van der Waals surface area contributed by atoms with Crippen molar-refractivity contribution in [3.8, 4) is 0 Å². The van der Waals surface area contributed by atoms with E-state index >= 15 is 0 Å². The van der Waals surface area contributed by atoms with E-state index in [9.17, 15) is 19.8 Å². The molecule has 3 atom stereocenters. The SMILES string of the molecule is CCCCC/C=C\C/C=C\C/C=C\C/C=C\CCCC(CC(=O)NC(CO)C(O)CCCCCCCCCCCCCCCCC)OC(=O)CCCCC/C=C\CCCCCCCCC. The molecule has 0 bridgehead atoms. The van der Waals surface area contributed by atoms with Gasteiger partial charge in [-0.25, -0.2) is 0 Å². The molecule has 0 aliphatic rings. The Morgan fingerprint density at radius 2 is 0.800 bits per heavy atom. The largest absolute Gasteiger partial charge is 0.462 e. The third kappa shape index (κ3) is 47.8. The number of allylic oxidation sites excluding steroid dienone is 10. The molecule has 0 radical (unpaired) electrons. The van der Waals surface area contributed by atoms with Gasteiger partial charge in [-0.15, -0.1) is 0 Å². The van der Waals surface area contributed by atoms with Gasteiger partial charge < -0.3 is 20.3 Å². The van der Waals surface area contributed by atoms with Crippen LogP contribution >= 0.6 is 0 Å². The van der Waals surface area contributed by atoms with Crippen LogP contribution in [0.25, 0.3) is 0 Å². The monoisotopic (exact) mass is 910 g/mol. The predicted molar refractivity (Wildman–Crippen MR) is 282 cm³/mol. The van der Waals surface area contributed by atoms with Crippen LogP contribution in [0.4, 0.5) is 0 Å². The first-order valence-corrected chi connectivity index (χ1v) is 28.0. The van der Waals surface area contributed by atoms with Gasteiger partial charge in [0.1, 0.15) is 6.10 Å². The van der Waals surface area contributed by atoms with E-state index in [1.165, 1.54) is 148 Å². The van der Waals surface area contributed by atoms with Crippen LogP contribution in [0, 0.1) is 0 Å². The fraction of sp³-hybridized carbons (Fsp3) is 0.797. The Bertz CT molecular complexity index is 1160. The van der Waals surface area contributed by atoms with Crippen molar-refractivity contribution in [2.24, 2.45) is 0 Å². The number of nitrogens with one attached hydrogen (secondary N) is 1. The number of esters is 1. The van der Waals surface area contributed by atoms with Crippen molar-refractivity contribution in [1.82, 2.24) is 5.32 Å². The van der Waals surface area contributed by atoms with Crippen LogP contribution in [0.2, 0.25) is 0 Å². The summed E-state index contributed by atoms with van der Waals surface area (Å²) in [5, 5.41) is 23.8. The van der Waals surface area contributed by atoms with Crippen LogP contribution in [0.1, 0.15) is 278 Å². The summed E-state index contributed by atoms with van der Waals surface area (Å²) < 4.78 is 5.91. The Kier molecular flexibility index (Phi) is 50.6. The molecule has 0 aliphatic heterocycles. The second-order valence-electron chi connectivity index (χ2n) is 19.0. The number of hydrogen-bond donors (Lipinski definition) is 3. The van der Waals surface area contributed by atoms with E-state index in [2.05, 4.69) is 86.8 Å². The number of carbonyl (C=O) groups excluding carboxylic acids is 2. The Morgan fingerprint density at radius 1 is 0.446 bits per heavy atom. The van der Waals surface area contributed by atoms with Crippen molar-refractivity contribution in [3.05, 3.63) is 60.8 Å². The summed E-state index contributed by atoms with van der Waals surface area (Å²) in [6, 6.07) is -0.723. The number of ether oxygens (including phenoxy) is 1. The van der Waals surface area contributed by atoms with E-state index in [-0.39, 0.29) is 24.9 Å². The highest BCUT2D eigenvalue weighted by Crippen LogP contribution is 2.17. The van der Waals surface area contributed by atoms with Gasteiger partial charge in [-0.3, -0.25) is 9.59 Å². The minimum atomic E-state index is -0.806. The highest BCUT2D eigenvalue weighted by molar-refractivity contribution is 5.77. The van der Waals surface area contributed by atoms with E-state index in [1.807, 2.05) is 0 Å². The van der Waals surface area contributed by atoms with E-state index in [0.29, 0.717) is 19.3 Å². The van der Waals surface area contributed by atoms with Crippen LogP contribution in [-0.2, 0) is 14.3 Å². The molecule has 0 saturated heterocycles. The summed E-state index contributed by atoms with van der Waals surface area (Å²) in [6.07, 6.45) is 65.7. The summed E-state index contributed by atoms with van der Waals surface area (Å²) in [4.78, 5) is 26.2. The minimum Gasteiger partial charge on any atom is -0.462 e. The molecule has 6 nitrogen and oxygen atoms in total. The van der Waals surface area contributed by atoms with Crippen molar-refractivity contribution in [2.75, 3.05) is 6.61 Å². The van der Waals surface area contributed by atoms with Gasteiger partial charge in [-0.1, -0.05) is 236 Å². The maximum atomic E-state index is 13.2. The lowest BCUT2D eigenvalue weighted by Crippen LogP contribution is -2.46. The predicted octanol–water partition coefficient (Wildman–Crippen LogP) is 17.2. The van der Waals surface area contributed by atoms with E-state index in [1.54, 1.807) is 0 Å². The lowest BCUT2D eigenvalue weighted by atomic mass is 10.0. The standard InChI is InChI=1S/C59H107NO5/c1-4-7-10-13-16-19-22-25-28-29-31-32-35-38-41-44-47-50-55(65-59(64)52-49-46-43-40-37-34-27-24-21-18-15-12-9-6-3)53-58(63)60-56(54-61)57(62)51-48-45-42-39-36-33-30-26-23-20-17-14-11-8-5-2/h16,19,25,28,31-32,34,37-38,41,55-57,61-62H,4-15,17-18,20-24,26-27,29-30,33,35-36,39-40,42-54H2,1-3H3,(H,60,63)/b19-16-,28-25-,32-31-,37-34-,41-38-. The molecule has 0 spiro atoms. The number of hydrogen-bond acceptors (Lipinski definition) is 5. The zero-order chi connectivity index (χ0) is 47.4. The molecule has 6 heteroatoms. The Balaban J connectivity index is 4.68. The van der Waals surface area contributed by atoms with Gasteiger partial charge in [-0.2, -0.15) is 0 Å². The number of amides is 1. The van der Waals surface area contributed by atoms with Crippen molar-refractivity contribution in [2.45, 2.75) is 296 Å². The Labute approximate surface area is 403 Å². The average Bonchev–Trinajstić information content (AvgIpc) is 3.30. The van der Waals surface area contributed by atoms with Crippen LogP contribution in [-0.4, -0.2) is 46.9 Å². The van der Waals surface area contributed by atoms with E-state index in [0.717, 1.165) is 83.5 Å². The van der Waals surface area contributed by atoms with Gasteiger partial charge in [0, 0.05) is 6.42 Å². The van der Waals surface area contributed by atoms with Gasteiger partial charge >= 0.3 is 5.97 Å². The lowest BCUT2D eigenvalue weighted by molar-refractivity contribution is -0.151. The first-order chi connectivity index (χ1) is 32.0. The molecule has 3 unspecified atom stereocenters. The molecule has 0 rings (SSSR count). The molecule has 0 aliphatic carbocycles. The molecule has 0 aromatic heterocycles. The molecule has 65 heavy (non-hydrogen) atoms. The van der Waals surface area contributed by atoms with Crippen LogP contribution < -0.4 is 5.32 Å². The van der Waals surface area contributed by atoms with Crippen LogP contribution in [0.15, 0.2) is 60.8 Å². The molecule has 0 aromatic carbocycles. The molecule has 3 N–H and O–H groups in total. The normalized spacial score (nSPS) is 13.6. The van der Waals surface area contributed by atoms with Gasteiger partial charge in [-0.05, 0) is 89.9 Å². The van der Waals surface area contributed by atoms with Crippen molar-refractivity contribution < 1.29 is 24.5 Å². The van der Waals surface area contributed by atoms with Crippen molar-refractivity contribution in [3.63, 3.8) is 0 Å². The van der Waals surface area contributed by atoms with Gasteiger partial charge in [0.05, 0.1) is 25.2 Å². The second kappa shape index (κ2) is 52.5. The second-order valence-corrected chi connectivity index (χ2v) is 19.0. The Hall–Kier alpha value is -2.44. The number of aliphatic hydroxyl groups excluding tert-OH is 2. The molecule has 0 fully saturated rings. The van der Waals surface area contributed by atoms with Crippen molar-refractivity contribution in [1.29, 1.82) is 0 Å². The maximum Gasteiger partial charge on any atom is 0.306 e. The third-order valence-electron chi connectivity index (χ3n) is 12.6. The first-order valence-electron chi connectivity index (χ1n) is 28.0. The first kappa shape index (κ1) is 62.6. The number of unbranched alkanes of at least 4 members (excludes halogenated alkanes) is 28. The summed E-state index contributed by atoms with van der Waals surface area (Å²) in [6.45, 7) is 6.45. The molecule has 378 valence electrons. The topological polar surface area (TPSA) is 95.9 Å². The fourth-order valence-electron chi connectivity index (χ4n) is 8.30. The third-order valence-corrected chi connectivity index (χ3v) is 12.6. The van der Waals surface area contributed by atoms with E-state index < -0.39 is 18.2 Å². The number of aliphatic hydroxyl groups is 2. The summed E-state index contributed by atoms with van der Waals surface area (Å²) >= 11 is 0. The van der Waals surface area contributed by atoms with Crippen LogP contribution in [0.5, 0.6) is 0 Å². The lowest BCUT2D eigenvalue weighted by Gasteiger charge is -2.24. The zero-order valence-electron chi connectivity index (χ0n) is 43.1. The van der Waals surface area contributed by atoms with Gasteiger partial charge in [0.2, 0.25) is 5.91 Å². The highest BCUT2D eigenvalue weighted by atomic mass is 16.5. The smallest absolute Gasteiger partial charge is 0.306 e. The Morgan fingerprint density at radius 3 is 1.26 bits per heavy atom. The summed E-state index contributed by atoms with van der Waals surface area (Å²) in [5.74, 6) is -0.541. The maximum absolute atomic E-state index is 13.2. The van der Waals surface area contributed by atoms with Crippen LogP contribution in [0.3, 0.4) is 0 Å². The van der Waals surface area contributed by atoms with Gasteiger partial charge in [0.15, 0.2) is 0 Å². The summed E-state index contributed by atoms with van der Waals surface area (Å²) in [7, 11) is 0. The highest BCUT2D eigenvalue weighted by Gasteiger charge is 2.24. The molecule has 0 saturated carbocycles. The number of rotatable bonds is 50. The van der Waals surface area contributed by atoms with Gasteiger partial charge in [0.25, 0.3) is 0 Å². The molecular formula is C59H107NO5. The quantitative estimate of drug-likeness (QED) is 0.0321. The van der Waals surface area contributed by atoms with Crippen molar-refractivity contribution >= 4 is 11.9 Å². The number of carbonyl (C=O) groups is 2. The molecule has 0 heterocycles. The summed E-state index contributed by atoms with van der Waals surface area (Å²) in [5.41, 5.74) is 0. The molecular weight excluding hydrogens is 803 g/mol. The zero-order valence-corrected chi connectivity index (χ0v) is 43.1. The molecule has 0 aromatic rings. The van der Waals surface area contributed by atoms with E-state index in [4.69, 9.17) is 4.74 Å². The fourth-order valence-corrected chi connectivity index (χ4v) is 8.30. The minimum absolute atomic E-state index is 0.0338. The molecule has 1 amide bonds.